The molecule has 0 saturated heterocycles. The Balaban J connectivity index is 1.76. The van der Waals surface area contributed by atoms with Crippen molar-refractivity contribution < 1.29 is 9.18 Å². The third-order valence-corrected chi connectivity index (χ3v) is 7.63. The molecule has 6 heteroatoms. The highest BCUT2D eigenvalue weighted by Crippen LogP contribution is 2.41. The van der Waals surface area contributed by atoms with Gasteiger partial charge in [0.2, 0.25) is 5.91 Å². The molecule has 0 aliphatic rings. The van der Waals surface area contributed by atoms with Crippen molar-refractivity contribution in [1.82, 2.24) is 5.32 Å². The maximum atomic E-state index is 13.3. The zero-order chi connectivity index (χ0) is 28.8. The first-order valence-electron chi connectivity index (χ1n) is 13.5. The summed E-state index contributed by atoms with van der Waals surface area (Å²) in [4.78, 5) is 13.1. The van der Waals surface area contributed by atoms with E-state index in [9.17, 15) is 9.18 Å². The molecule has 4 nitrogen and oxygen atoms in total. The van der Waals surface area contributed by atoms with Crippen LogP contribution in [0.25, 0.3) is 0 Å². The van der Waals surface area contributed by atoms with E-state index in [0.717, 1.165) is 34.5 Å². The Morgan fingerprint density at radius 2 is 1.64 bits per heavy atom. The van der Waals surface area contributed by atoms with E-state index in [4.69, 9.17) is 17.0 Å². The Morgan fingerprint density at radius 1 is 1.00 bits per heavy atom. The van der Waals surface area contributed by atoms with E-state index in [1.807, 2.05) is 30.3 Å². The van der Waals surface area contributed by atoms with Crippen LogP contribution in [-0.2, 0) is 10.2 Å². The second kappa shape index (κ2) is 12.8. The average Bonchev–Trinajstić information content (AvgIpc) is 2.87. The zero-order valence-corrected chi connectivity index (χ0v) is 24.6. The Kier molecular flexibility index (Phi) is 9.95. The quantitative estimate of drug-likeness (QED) is 0.197. The summed E-state index contributed by atoms with van der Waals surface area (Å²) < 4.78 is 13.3. The molecule has 0 radical (unpaired) electrons. The predicted octanol–water partition coefficient (Wildman–Crippen LogP) is 8.86. The Morgan fingerprint density at radius 3 is 2.23 bits per heavy atom. The first kappa shape index (κ1) is 30.4. The van der Waals surface area contributed by atoms with Crippen molar-refractivity contribution in [1.29, 1.82) is 5.41 Å². The van der Waals surface area contributed by atoms with Crippen LogP contribution in [0, 0.1) is 22.6 Å². The fourth-order valence-corrected chi connectivity index (χ4v) is 5.14. The summed E-state index contributed by atoms with van der Waals surface area (Å²) in [6.45, 7) is 13.5. The van der Waals surface area contributed by atoms with Crippen molar-refractivity contribution in [2.24, 2.45) is 11.3 Å². The number of anilines is 2. The summed E-state index contributed by atoms with van der Waals surface area (Å²) in [5, 5.41) is 15.2. The molecule has 0 aliphatic carbocycles. The molecule has 3 aromatic carbocycles. The van der Waals surface area contributed by atoms with Gasteiger partial charge in [0.25, 0.3) is 0 Å². The van der Waals surface area contributed by atoms with Gasteiger partial charge < -0.3 is 16.0 Å². The average molecular weight is 550 g/mol. The molecule has 0 saturated carbocycles. The number of amides is 1. The minimum Gasteiger partial charge on any atom is -0.356 e. The highest BCUT2D eigenvalue weighted by atomic mass is 35.5. The summed E-state index contributed by atoms with van der Waals surface area (Å²) in [5.41, 5.74) is 3.97. The second-order valence-electron chi connectivity index (χ2n) is 12.1. The van der Waals surface area contributed by atoms with Crippen molar-refractivity contribution in [3.8, 4) is 0 Å². The van der Waals surface area contributed by atoms with E-state index in [1.165, 1.54) is 18.3 Å². The summed E-state index contributed by atoms with van der Waals surface area (Å²) in [7, 11) is 0. The molecule has 1 amide bonds. The largest absolute Gasteiger partial charge is 0.356 e. The van der Waals surface area contributed by atoms with Crippen LogP contribution in [0.3, 0.4) is 0 Å². The van der Waals surface area contributed by atoms with Gasteiger partial charge in [-0.2, -0.15) is 0 Å². The molecule has 0 heterocycles. The van der Waals surface area contributed by atoms with Gasteiger partial charge >= 0.3 is 0 Å². The summed E-state index contributed by atoms with van der Waals surface area (Å²) in [6, 6.07) is 20.0. The van der Waals surface area contributed by atoms with Gasteiger partial charge in [-0.05, 0) is 88.7 Å². The number of carbonyl (C=O) groups excluding carboxylic acids is 1. The van der Waals surface area contributed by atoms with E-state index in [0.29, 0.717) is 23.9 Å². The number of rotatable bonds is 12. The summed E-state index contributed by atoms with van der Waals surface area (Å²) in [5.74, 6) is 0.350. The molecule has 0 aromatic heterocycles. The van der Waals surface area contributed by atoms with Gasteiger partial charge in [-0.1, -0.05) is 71.3 Å². The van der Waals surface area contributed by atoms with Crippen LogP contribution in [0.4, 0.5) is 15.8 Å². The lowest BCUT2D eigenvalue weighted by Crippen LogP contribution is -2.40. The van der Waals surface area contributed by atoms with Crippen LogP contribution < -0.4 is 10.6 Å². The number of hydrogen-bond donors (Lipinski definition) is 3. The molecule has 39 heavy (non-hydrogen) atoms. The normalized spacial score (nSPS) is 12.7. The van der Waals surface area contributed by atoms with E-state index in [1.54, 1.807) is 12.1 Å². The van der Waals surface area contributed by atoms with E-state index in [-0.39, 0.29) is 28.5 Å². The smallest absolute Gasteiger partial charge is 0.220 e. The van der Waals surface area contributed by atoms with Gasteiger partial charge in [0, 0.05) is 41.1 Å². The Labute approximate surface area is 237 Å². The van der Waals surface area contributed by atoms with Crippen molar-refractivity contribution in [2.45, 2.75) is 65.7 Å². The second-order valence-corrected chi connectivity index (χ2v) is 12.6. The first-order chi connectivity index (χ1) is 18.3. The van der Waals surface area contributed by atoms with Crippen LogP contribution >= 0.6 is 11.6 Å². The van der Waals surface area contributed by atoms with Gasteiger partial charge in [-0.25, -0.2) is 4.39 Å². The molecule has 0 spiro atoms. The fraction of sp³-hybridized carbons (Fsp3) is 0.394. The van der Waals surface area contributed by atoms with Gasteiger partial charge in [-0.3, -0.25) is 4.79 Å². The minimum atomic E-state index is -0.317. The van der Waals surface area contributed by atoms with Gasteiger partial charge in [0.05, 0.1) is 0 Å². The third kappa shape index (κ3) is 8.40. The van der Waals surface area contributed by atoms with Gasteiger partial charge in [-0.15, -0.1) is 0 Å². The maximum Gasteiger partial charge on any atom is 0.220 e. The number of benzene rings is 3. The van der Waals surface area contributed by atoms with Crippen molar-refractivity contribution >= 4 is 35.1 Å². The molecule has 1 atom stereocenters. The van der Waals surface area contributed by atoms with Crippen LogP contribution in [-0.4, -0.2) is 18.7 Å². The number of halogens is 2. The lowest BCUT2D eigenvalue weighted by molar-refractivity contribution is -0.122. The van der Waals surface area contributed by atoms with Crippen LogP contribution in [0.1, 0.15) is 77.0 Å². The predicted molar refractivity (Wildman–Crippen MR) is 162 cm³/mol. The highest BCUT2D eigenvalue weighted by Gasteiger charge is 2.33. The SMILES string of the molecule is CC(C)CC(c1ccc(Nc2ccc(F)cc2)c(C=N)c1)C(C)(C)CNC(=O)CC(C)(C)c1ccc(Cl)cc1. The summed E-state index contributed by atoms with van der Waals surface area (Å²) in [6.07, 6.45) is 2.66. The van der Waals surface area contributed by atoms with E-state index < -0.39 is 0 Å². The topological polar surface area (TPSA) is 65.0 Å². The van der Waals surface area contributed by atoms with E-state index >= 15 is 0 Å². The molecule has 0 aliphatic heterocycles. The van der Waals surface area contributed by atoms with Crippen LogP contribution in [0.2, 0.25) is 5.02 Å². The standard InChI is InChI=1S/C33H41ClFN3O/c1-22(2)17-29(23-7-16-30(24(18-23)20-36)38-28-14-12-27(35)13-15-28)33(5,6)21-37-31(39)19-32(3,4)25-8-10-26(34)11-9-25/h7-16,18,20,22,29,36,38H,17,19,21H2,1-6H3,(H,37,39). The molecule has 3 rings (SSSR count). The summed E-state index contributed by atoms with van der Waals surface area (Å²) >= 11 is 6.04. The lowest BCUT2D eigenvalue weighted by atomic mass is 9.70. The molecule has 0 bridgehead atoms. The first-order valence-corrected chi connectivity index (χ1v) is 13.9. The zero-order valence-electron chi connectivity index (χ0n) is 23.9. The molecule has 1 unspecified atom stereocenters. The molecule has 0 fully saturated rings. The monoisotopic (exact) mass is 549 g/mol. The van der Waals surface area contributed by atoms with Crippen LogP contribution in [0.15, 0.2) is 66.7 Å². The number of carbonyl (C=O) groups is 1. The fourth-order valence-electron chi connectivity index (χ4n) is 5.01. The maximum absolute atomic E-state index is 13.3. The van der Waals surface area contributed by atoms with Crippen molar-refractivity contribution in [3.05, 3.63) is 94.3 Å². The lowest BCUT2D eigenvalue weighted by Gasteiger charge is -2.37. The molecular formula is C33H41ClFN3O. The molecular weight excluding hydrogens is 509 g/mol. The van der Waals surface area contributed by atoms with Crippen molar-refractivity contribution in [3.63, 3.8) is 0 Å². The van der Waals surface area contributed by atoms with Gasteiger partial charge in [0.1, 0.15) is 5.82 Å². The van der Waals surface area contributed by atoms with Crippen molar-refractivity contribution in [2.75, 3.05) is 11.9 Å². The molecule has 208 valence electrons. The van der Waals surface area contributed by atoms with Gasteiger partial charge in [0.15, 0.2) is 0 Å². The molecule has 3 aromatic rings. The highest BCUT2D eigenvalue weighted by molar-refractivity contribution is 6.30. The minimum absolute atomic E-state index is 0.0188. The molecule has 3 N–H and O–H groups in total. The Hall–Kier alpha value is -3.18. The third-order valence-electron chi connectivity index (χ3n) is 7.38. The number of hydrogen-bond acceptors (Lipinski definition) is 3. The Bertz CT molecular complexity index is 1270. The number of nitrogens with one attached hydrogen (secondary N) is 3. The van der Waals surface area contributed by atoms with E-state index in [2.05, 4.69) is 64.3 Å². The van der Waals surface area contributed by atoms with Crippen LogP contribution in [0.5, 0.6) is 0 Å².